The highest BCUT2D eigenvalue weighted by atomic mass is 79.9. The third-order valence-electron chi connectivity index (χ3n) is 2.24. The fourth-order valence-electron chi connectivity index (χ4n) is 1.32. The molecule has 1 heterocycles. The van der Waals surface area contributed by atoms with Gasteiger partial charge in [0.1, 0.15) is 0 Å². The summed E-state index contributed by atoms with van der Waals surface area (Å²) in [5.74, 6) is 1.50. The van der Waals surface area contributed by atoms with Gasteiger partial charge in [-0.3, -0.25) is 0 Å². The van der Waals surface area contributed by atoms with Gasteiger partial charge >= 0.3 is 0 Å². The molecule has 2 aromatic rings. The van der Waals surface area contributed by atoms with Crippen LogP contribution in [0.25, 0.3) is 11.5 Å². The Morgan fingerprint density at radius 1 is 1.33 bits per heavy atom. The van der Waals surface area contributed by atoms with Gasteiger partial charge in [0, 0.05) is 22.3 Å². The summed E-state index contributed by atoms with van der Waals surface area (Å²) in [6, 6.07) is 7.82. The predicted octanol–water partition coefficient (Wildman–Crippen LogP) is 3.15. The van der Waals surface area contributed by atoms with Crippen LogP contribution in [0, 0.1) is 0 Å². The maximum Gasteiger partial charge on any atom is 0.276 e. The van der Waals surface area contributed by atoms with Crippen LogP contribution in [0.4, 0.5) is 0 Å². The standard InChI is InChI=1S/C12H14BrN3OS/c1-16(2)6-7-18-12-15-14-11(17-12)9-4-3-5-10(13)8-9/h3-5,8H,6-7H2,1-2H3. The van der Waals surface area contributed by atoms with Crippen LogP contribution < -0.4 is 0 Å². The van der Waals surface area contributed by atoms with E-state index in [0.717, 1.165) is 22.3 Å². The molecule has 1 aromatic heterocycles. The predicted molar refractivity (Wildman–Crippen MR) is 76.7 cm³/mol. The van der Waals surface area contributed by atoms with Crippen LogP contribution in [0.2, 0.25) is 0 Å². The number of halogens is 1. The quantitative estimate of drug-likeness (QED) is 0.789. The number of rotatable bonds is 5. The summed E-state index contributed by atoms with van der Waals surface area (Å²) >= 11 is 5.00. The molecule has 0 bridgehead atoms. The molecule has 0 atom stereocenters. The highest BCUT2D eigenvalue weighted by molar-refractivity contribution is 9.10. The number of hydrogen-bond acceptors (Lipinski definition) is 5. The Labute approximate surface area is 119 Å². The van der Waals surface area contributed by atoms with Crippen molar-refractivity contribution in [3.05, 3.63) is 28.7 Å². The lowest BCUT2D eigenvalue weighted by molar-refractivity contribution is 0.434. The molecule has 0 aliphatic rings. The molecular formula is C12H14BrN3OS. The smallest absolute Gasteiger partial charge is 0.276 e. The van der Waals surface area contributed by atoms with Gasteiger partial charge in [-0.25, -0.2) is 0 Å². The summed E-state index contributed by atoms with van der Waals surface area (Å²) in [6.07, 6.45) is 0. The molecule has 0 spiro atoms. The Hall–Kier alpha value is -0.850. The molecule has 0 saturated carbocycles. The van der Waals surface area contributed by atoms with Crippen molar-refractivity contribution in [3.8, 4) is 11.5 Å². The second-order valence-corrected chi connectivity index (χ2v) is 6.00. The van der Waals surface area contributed by atoms with Crippen LogP contribution in [0.15, 0.2) is 38.4 Å². The second-order valence-electron chi connectivity index (χ2n) is 4.04. The summed E-state index contributed by atoms with van der Waals surface area (Å²) in [6.45, 7) is 0.985. The zero-order valence-electron chi connectivity index (χ0n) is 10.3. The Morgan fingerprint density at radius 3 is 2.89 bits per heavy atom. The first-order valence-corrected chi connectivity index (χ1v) is 7.30. The average molecular weight is 328 g/mol. The molecule has 2 rings (SSSR count). The van der Waals surface area contributed by atoms with Gasteiger partial charge in [0.15, 0.2) is 0 Å². The zero-order chi connectivity index (χ0) is 13.0. The first kappa shape index (κ1) is 13.6. The Bertz CT molecular complexity index is 516. The van der Waals surface area contributed by atoms with Crippen LogP contribution in [0.3, 0.4) is 0 Å². The number of hydrogen-bond donors (Lipinski definition) is 0. The van der Waals surface area contributed by atoms with Gasteiger partial charge in [-0.2, -0.15) is 0 Å². The third kappa shape index (κ3) is 3.83. The second kappa shape index (κ2) is 6.36. The molecule has 96 valence electrons. The van der Waals surface area contributed by atoms with Gasteiger partial charge in [0.05, 0.1) is 0 Å². The summed E-state index contributed by atoms with van der Waals surface area (Å²) in [5, 5.41) is 8.70. The molecule has 0 fully saturated rings. The number of benzene rings is 1. The van der Waals surface area contributed by atoms with Gasteiger partial charge < -0.3 is 9.32 Å². The molecule has 18 heavy (non-hydrogen) atoms. The lowest BCUT2D eigenvalue weighted by Crippen LogP contribution is -2.14. The molecule has 0 aliphatic carbocycles. The first-order chi connectivity index (χ1) is 8.65. The highest BCUT2D eigenvalue weighted by Gasteiger charge is 2.09. The summed E-state index contributed by atoms with van der Waals surface area (Å²) in [7, 11) is 4.09. The lowest BCUT2D eigenvalue weighted by Gasteiger charge is -2.06. The van der Waals surface area contributed by atoms with Gasteiger partial charge in [-0.05, 0) is 32.3 Å². The first-order valence-electron chi connectivity index (χ1n) is 5.52. The summed E-state index contributed by atoms with van der Waals surface area (Å²) < 4.78 is 6.61. The van der Waals surface area contributed by atoms with Crippen LogP contribution in [0.5, 0.6) is 0 Å². The Morgan fingerprint density at radius 2 is 2.17 bits per heavy atom. The maximum atomic E-state index is 5.61. The number of thioether (sulfide) groups is 1. The molecule has 0 saturated heterocycles. The van der Waals surface area contributed by atoms with Gasteiger partial charge in [-0.1, -0.05) is 33.8 Å². The van der Waals surface area contributed by atoms with Gasteiger partial charge in [0.25, 0.3) is 5.22 Å². The minimum Gasteiger partial charge on any atom is -0.411 e. The zero-order valence-corrected chi connectivity index (χ0v) is 12.7. The molecular weight excluding hydrogens is 314 g/mol. The van der Waals surface area contributed by atoms with Gasteiger partial charge in [0.2, 0.25) is 5.89 Å². The molecule has 0 N–H and O–H groups in total. The van der Waals surface area contributed by atoms with Crippen molar-refractivity contribution in [1.29, 1.82) is 0 Å². The van der Waals surface area contributed by atoms with E-state index < -0.39 is 0 Å². The van der Waals surface area contributed by atoms with Crippen molar-refractivity contribution in [2.24, 2.45) is 0 Å². The van der Waals surface area contributed by atoms with Crippen LogP contribution in [0.1, 0.15) is 0 Å². The van der Waals surface area contributed by atoms with Crippen molar-refractivity contribution in [2.45, 2.75) is 5.22 Å². The topological polar surface area (TPSA) is 42.2 Å². The maximum absolute atomic E-state index is 5.61. The van der Waals surface area contributed by atoms with Crippen molar-refractivity contribution in [1.82, 2.24) is 15.1 Å². The van der Waals surface area contributed by atoms with E-state index in [-0.39, 0.29) is 0 Å². The molecule has 4 nitrogen and oxygen atoms in total. The largest absolute Gasteiger partial charge is 0.411 e. The Balaban J connectivity index is 2.02. The van der Waals surface area contributed by atoms with E-state index in [1.54, 1.807) is 11.8 Å². The fourth-order valence-corrected chi connectivity index (χ4v) is 2.59. The monoisotopic (exact) mass is 327 g/mol. The fraction of sp³-hybridized carbons (Fsp3) is 0.333. The van der Waals surface area contributed by atoms with E-state index in [0.29, 0.717) is 11.1 Å². The van der Waals surface area contributed by atoms with Crippen molar-refractivity contribution in [2.75, 3.05) is 26.4 Å². The van der Waals surface area contributed by atoms with E-state index >= 15 is 0 Å². The third-order valence-corrected chi connectivity index (χ3v) is 3.53. The molecule has 6 heteroatoms. The lowest BCUT2D eigenvalue weighted by atomic mass is 10.2. The average Bonchev–Trinajstić information content (AvgIpc) is 2.77. The van der Waals surface area contributed by atoms with Crippen LogP contribution in [-0.2, 0) is 0 Å². The minimum absolute atomic E-state index is 0.559. The van der Waals surface area contributed by atoms with E-state index in [9.17, 15) is 0 Å². The SMILES string of the molecule is CN(C)CCSc1nnc(-c2cccc(Br)c2)o1. The van der Waals surface area contributed by atoms with Crippen LogP contribution in [-0.4, -0.2) is 41.5 Å². The van der Waals surface area contributed by atoms with E-state index in [1.165, 1.54) is 0 Å². The van der Waals surface area contributed by atoms with Crippen molar-refractivity contribution < 1.29 is 4.42 Å². The normalized spacial score (nSPS) is 11.1. The van der Waals surface area contributed by atoms with E-state index in [1.807, 2.05) is 38.4 Å². The van der Waals surface area contributed by atoms with Crippen molar-refractivity contribution >= 4 is 27.7 Å². The summed E-state index contributed by atoms with van der Waals surface area (Å²) in [4.78, 5) is 2.12. The minimum atomic E-state index is 0.559. The van der Waals surface area contributed by atoms with E-state index in [4.69, 9.17) is 4.42 Å². The summed E-state index contributed by atoms with van der Waals surface area (Å²) in [5.41, 5.74) is 0.927. The molecule has 0 aliphatic heterocycles. The van der Waals surface area contributed by atoms with Crippen LogP contribution >= 0.6 is 27.7 Å². The molecule has 0 unspecified atom stereocenters. The molecule has 0 radical (unpaired) electrons. The Kier molecular flexibility index (Phi) is 4.79. The molecule has 1 aromatic carbocycles. The molecule has 0 amide bonds. The van der Waals surface area contributed by atoms with E-state index in [2.05, 4.69) is 31.0 Å². The van der Waals surface area contributed by atoms with Crippen molar-refractivity contribution in [3.63, 3.8) is 0 Å². The highest BCUT2D eigenvalue weighted by Crippen LogP contribution is 2.25. The van der Waals surface area contributed by atoms with Gasteiger partial charge in [-0.15, -0.1) is 10.2 Å². The number of aromatic nitrogens is 2. The number of nitrogens with zero attached hydrogens (tertiary/aromatic N) is 3.